The number of likely N-dealkylation sites (tertiary alicyclic amines) is 1. The zero-order chi connectivity index (χ0) is 16.4. The number of hydrogen-bond acceptors (Lipinski definition) is 5. The second-order valence-corrected chi connectivity index (χ2v) is 6.84. The maximum absolute atomic E-state index is 5.60. The van der Waals surface area contributed by atoms with Gasteiger partial charge in [-0.15, -0.1) is 0 Å². The summed E-state index contributed by atoms with van der Waals surface area (Å²) in [5, 5.41) is 4.36. The fourth-order valence-corrected chi connectivity index (χ4v) is 3.74. The molecule has 0 spiro atoms. The van der Waals surface area contributed by atoms with Crippen molar-refractivity contribution in [3.05, 3.63) is 35.8 Å². The summed E-state index contributed by atoms with van der Waals surface area (Å²) in [6, 6.07) is 0.436. The van der Waals surface area contributed by atoms with Gasteiger partial charge in [-0.2, -0.15) is 5.10 Å². The topological polar surface area (TPSA) is 50.3 Å². The molecule has 0 bridgehead atoms. The number of aromatic nitrogens is 3. The van der Waals surface area contributed by atoms with E-state index in [4.69, 9.17) is 4.42 Å². The lowest BCUT2D eigenvalue weighted by Gasteiger charge is -2.40. The Morgan fingerprint density at radius 3 is 2.83 bits per heavy atom. The first kappa shape index (κ1) is 16.2. The average molecular weight is 317 g/mol. The van der Waals surface area contributed by atoms with Crippen molar-refractivity contribution >= 4 is 0 Å². The van der Waals surface area contributed by atoms with Gasteiger partial charge in [0, 0.05) is 31.4 Å². The Balaban J connectivity index is 1.68. The van der Waals surface area contributed by atoms with Crippen LogP contribution < -0.4 is 0 Å². The molecule has 0 unspecified atom stereocenters. The van der Waals surface area contributed by atoms with Gasteiger partial charge in [0.05, 0.1) is 18.9 Å². The molecule has 6 heteroatoms. The Labute approximate surface area is 138 Å². The van der Waals surface area contributed by atoms with Crippen LogP contribution in [0.4, 0.5) is 0 Å². The fourth-order valence-electron chi connectivity index (χ4n) is 3.74. The average Bonchev–Trinajstić information content (AvgIpc) is 3.08. The van der Waals surface area contributed by atoms with Crippen molar-refractivity contribution in [2.24, 2.45) is 13.0 Å². The zero-order valence-electron chi connectivity index (χ0n) is 14.6. The number of rotatable bonds is 5. The Hall–Kier alpha value is -1.66. The van der Waals surface area contributed by atoms with Crippen LogP contribution >= 0.6 is 0 Å². The molecule has 6 nitrogen and oxygen atoms in total. The van der Waals surface area contributed by atoms with E-state index in [0.717, 1.165) is 31.3 Å². The Bertz CT molecular complexity index is 634. The van der Waals surface area contributed by atoms with Gasteiger partial charge in [-0.05, 0) is 46.3 Å². The number of nitrogens with zero attached hydrogens (tertiary/aromatic N) is 5. The van der Waals surface area contributed by atoms with E-state index in [2.05, 4.69) is 40.2 Å². The van der Waals surface area contributed by atoms with Crippen molar-refractivity contribution in [2.45, 2.75) is 32.4 Å². The van der Waals surface area contributed by atoms with Gasteiger partial charge < -0.3 is 4.42 Å². The van der Waals surface area contributed by atoms with Gasteiger partial charge in [0.25, 0.3) is 0 Å². The Morgan fingerprint density at radius 1 is 1.35 bits per heavy atom. The number of hydrogen-bond donors (Lipinski definition) is 0. The molecule has 126 valence electrons. The van der Waals surface area contributed by atoms with E-state index in [1.165, 1.54) is 18.4 Å². The fraction of sp³-hybridized carbons (Fsp3) is 0.647. The highest BCUT2D eigenvalue weighted by molar-refractivity contribution is 5.13. The van der Waals surface area contributed by atoms with Crippen LogP contribution in [0, 0.1) is 12.8 Å². The van der Waals surface area contributed by atoms with Gasteiger partial charge in [-0.25, -0.2) is 4.98 Å². The van der Waals surface area contributed by atoms with E-state index in [9.17, 15) is 0 Å². The molecule has 1 aliphatic rings. The largest absolute Gasteiger partial charge is 0.445 e. The molecule has 0 aromatic carbocycles. The van der Waals surface area contributed by atoms with Crippen LogP contribution in [-0.4, -0.2) is 51.7 Å². The van der Waals surface area contributed by atoms with E-state index < -0.39 is 0 Å². The third-order valence-corrected chi connectivity index (χ3v) is 4.69. The minimum atomic E-state index is 0.436. The molecule has 2 aromatic rings. The molecule has 1 aliphatic heterocycles. The maximum Gasteiger partial charge on any atom is 0.208 e. The first-order chi connectivity index (χ1) is 11.0. The molecule has 23 heavy (non-hydrogen) atoms. The van der Waals surface area contributed by atoms with Crippen molar-refractivity contribution in [1.82, 2.24) is 24.6 Å². The number of piperidine rings is 1. The summed E-state index contributed by atoms with van der Waals surface area (Å²) >= 11 is 0. The van der Waals surface area contributed by atoms with Crippen molar-refractivity contribution in [2.75, 3.05) is 27.2 Å². The highest BCUT2D eigenvalue weighted by Gasteiger charge is 2.32. The van der Waals surface area contributed by atoms with E-state index in [0.29, 0.717) is 12.0 Å². The van der Waals surface area contributed by atoms with Gasteiger partial charge in [0.1, 0.15) is 5.76 Å². The third kappa shape index (κ3) is 3.82. The van der Waals surface area contributed by atoms with Crippen LogP contribution in [0.15, 0.2) is 23.0 Å². The van der Waals surface area contributed by atoms with Crippen LogP contribution in [0.2, 0.25) is 0 Å². The first-order valence-electron chi connectivity index (χ1n) is 8.31. The lowest BCUT2D eigenvalue weighted by atomic mass is 9.86. The molecule has 0 amide bonds. The van der Waals surface area contributed by atoms with Crippen LogP contribution in [0.3, 0.4) is 0 Å². The third-order valence-electron chi connectivity index (χ3n) is 4.69. The van der Waals surface area contributed by atoms with Crippen molar-refractivity contribution in [3.8, 4) is 0 Å². The summed E-state index contributed by atoms with van der Waals surface area (Å²) in [6.07, 6.45) is 8.45. The normalized spacial score (nSPS) is 22.8. The molecule has 0 aliphatic carbocycles. The van der Waals surface area contributed by atoms with E-state index in [1.54, 1.807) is 6.20 Å². The van der Waals surface area contributed by atoms with Gasteiger partial charge in [0.15, 0.2) is 0 Å². The van der Waals surface area contributed by atoms with Crippen molar-refractivity contribution in [3.63, 3.8) is 0 Å². The lowest BCUT2D eigenvalue weighted by Crippen LogP contribution is -2.40. The molecule has 1 fully saturated rings. The molecule has 0 saturated carbocycles. The molecule has 2 atom stereocenters. The molecule has 2 aromatic heterocycles. The minimum absolute atomic E-state index is 0.436. The molecule has 0 radical (unpaired) electrons. The monoisotopic (exact) mass is 317 g/mol. The first-order valence-corrected chi connectivity index (χ1v) is 8.31. The van der Waals surface area contributed by atoms with Crippen LogP contribution in [0.25, 0.3) is 0 Å². The van der Waals surface area contributed by atoms with Gasteiger partial charge in [0.2, 0.25) is 5.89 Å². The van der Waals surface area contributed by atoms with Crippen LogP contribution in [-0.2, 0) is 13.6 Å². The molecular formula is C17H27N5O. The highest BCUT2D eigenvalue weighted by atomic mass is 16.4. The lowest BCUT2D eigenvalue weighted by molar-refractivity contribution is 0.0901. The number of oxazole rings is 1. The number of aryl methyl sites for hydroxylation is 2. The van der Waals surface area contributed by atoms with Crippen molar-refractivity contribution in [1.29, 1.82) is 0 Å². The van der Waals surface area contributed by atoms with Gasteiger partial charge in [-0.3, -0.25) is 14.5 Å². The second kappa shape index (κ2) is 6.84. The van der Waals surface area contributed by atoms with Crippen LogP contribution in [0.1, 0.15) is 36.1 Å². The molecule has 3 heterocycles. The molecular weight excluding hydrogens is 290 g/mol. The van der Waals surface area contributed by atoms with Crippen LogP contribution in [0.5, 0.6) is 0 Å². The predicted molar refractivity (Wildman–Crippen MR) is 88.9 cm³/mol. The van der Waals surface area contributed by atoms with E-state index in [1.807, 2.05) is 24.9 Å². The molecule has 3 rings (SSSR count). The predicted octanol–water partition coefficient (Wildman–Crippen LogP) is 2.23. The second-order valence-electron chi connectivity index (χ2n) is 6.84. The van der Waals surface area contributed by atoms with Crippen molar-refractivity contribution < 1.29 is 4.42 Å². The zero-order valence-corrected chi connectivity index (χ0v) is 14.6. The smallest absolute Gasteiger partial charge is 0.208 e. The van der Waals surface area contributed by atoms with Gasteiger partial charge >= 0.3 is 0 Å². The van der Waals surface area contributed by atoms with Gasteiger partial charge in [-0.1, -0.05) is 0 Å². The Kier molecular flexibility index (Phi) is 4.82. The minimum Gasteiger partial charge on any atom is -0.445 e. The summed E-state index contributed by atoms with van der Waals surface area (Å²) < 4.78 is 7.50. The van der Waals surface area contributed by atoms with E-state index >= 15 is 0 Å². The highest BCUT2D eigenvalue weighted by Crippen LogP contribution is 2.35. The Morgan fingerprint density at radius 2 is 2.17 bits per heavy atom. The summed E-state index contributed by atoms with van der Waals surface area (Å²) in [5.41, 5.74) is 1.32. The maximum atomic E-state index is 5.60. The molecule has 1 saturated heterocycles. The molecule has 0 N–H and O–H groups in total. The standard InChI is InChI=1S/C17H27N5O/c1-13-8-18-16(23-13)12-20(2)10-14-6-5-7-21(3)17(14)15-9-19-22(4)11-15/h8-9,11,14,17H,5-7,10,12H2,1-4H3/t14-,17+/m0/s1. The summed E-state index contributed by atoms with van der Waals surface area (Å²) in [5.74, 6) is 2.27. The summed E-state index contributed by atoms with van der Waals surface area (Å²) in [6.45, 7) is 4.88. The SMILES string of the molecule is Cc1cnc(CN(C)C[C@@H]2CCCN(C)[C@H]2c2cnn(C)c2)o1. The summed E-state index contributed by atoms with van der Waals surface area (Å²) in [7, 11) is 6.36. The van der Waals surface area contributed by atoms with E-state index in [-0.39, 0.29) is 0 Å². The summed E-state index contributed by atoms with van der Waals surface area (Å²) in [4.78, 5) is 9.10. The quantitative estimate of drug-likeness (QED) is 0.846.